The van der Waals surface area contributed by atoms with Gasteiger partial charge in [0.25, 0.3) is 0 Å². The number of carbonyl (C=O) groups excluding carboxylic acids is 1. The lowest BCUT2D eigenvalue weighted by Gasteiger charge is -2.14. The van der Waals surface area contributed by atoms with E-state index in [0.29, 0.717) is 5.76 Å². The van der Waals surface area contributed by atoms with Gasteiger partial charge in [0.2, 0.25) is 5.91 Å². The number of nitrogens with two attached hydrogens (primary N) is 2. The molecule has 1 aromatic heterocycles. The van der Waals surface area contributed by atoms with Gasteiger partial charge in [-0.05, 0) is 29.3 Å². The summed E-state index contributed by atoms with van der Waals surface area (Å²) < 4.78 is 5.29. The van der Waals surface area contributed by atoms with Crippen molar-refractivity contribution in [2.45, 2.75) is 12.5 Å². The molecule has 2 rings (SSSR count). The van der Waals surface area contributed by atoms with Crippen molar-refractivity contribution in [3.8, 4) is 0 Å². The molecule has 0 aliphatic carbocycles. The van der Waals surface area contributed by atoms with E-state index in [1.54, 1.807) is 12.3 Å². The Hall–Kier alpha value is -2.33. The summed E-state index contributed by atoms with van der Waals surface area (Å²) in [6.07, 6.45) is 3.53. The second-order valence-corrected chi connectivity index (χ2v) is 4.26. The van der Waals surface area contributed by atoms with Gasteiger partial charge in [0.05, 0.1) is 6.26 Å². The molecule has 0 aliphatic heterocycles. The lowest BCUT2D eigenvalue weighted by Crippen LogP contribution is -2.28. The molecule has 4 nitrogen and oxygen atoms in total. The number of amides is 1. The second-order valence-electron chi connectivity index (χ2n) is 4.26. The fourth-order valence-electron chi connectivity index (χ4n) is 1.89. The smallest absolute Gasteiger partial charge is 0.219 e. The van der Waals surface area contributed by atoms with E-state index in [4.69, 9.17) is 15.9 Å². The van der Waals surface area contributed by atoms with E-state index in [-0.39, 0.29) is 6.42 Å². The molecule has 0 radical (unpaired) electrons. The Balaban J connectivity index is 2.36. The summed E-state index contributed by atoms with van der Waals surface area (Å²) >= 11 is 0. The fraction of sp³-hybridized carbons (Fsp3) is 0.133. The van der Waals surface area contributed by atoms with Crippen LogP contribution >= 0.6 is 0 Å². The summed E-state index contributed by atoms with van der Waals surface area (Å²) in [5, 5.41) is 0. The highest BCUT2D eigenvalue weighted by atomic mass is 16.3. The summed E-state index contributed by atoms with van der Waals surface area (Å²) in [5.41, 5.74) is 13.0. The van der Waals surface area contributed by atoms with E-state index >= 15 is 0 Å². The Morgan fingerprint density at radius 1 is 1.21 bits per heavy atom. The maximum Gasteiger partial charge on any atom is 0.219 e. The van der Waals surface area contributed by atoms with Crippen LogP contribution in [0, 0.1) is 0 Å². The zero-order chi connectivity index (χ0) is 13.7. The second kappa shape index (κ2) is 6.02. The predicted octanol–water partition coefficient (Wildman–Crippen LogP) is 2.02. The number of hydrogen-bond acceptors (Lipinski definition) is 3. The van der Waals surface area contributed by atoms with E-state index < -0.39 is 11.9 Å². The zero-order valence-electron chi connectivity index (χ0n) is 10.5. The number of furan rings is 1. The van der Waals surface area contributed by atoms with Gasteiger partial charge in [0, 0.05) is 12.5 Å². The average Bonchev–Trinajstić information content (AvgIpc) is 2.89. The number of rotatable bonds is 5. The normalized spacial score (nSPS) is 13.2. The summed E-state index contributed by atoms with van der Waals surface area (Å²) in [6.45, 7) is 0. The lowest BCUT2D eigenvalue weighted by atomic mass is 9.96. The van der Waals surface area contributed by atoms with Gasteiger partial charge in [-0.2, -0.15) is 0 Å². The molecule has 0 saturated heterocycles. The molecule has 0 spiro atoms. The Morgan fingerprint density at radius 2 is 1.95 bits per heavy atom. The number of benzene rings is 1. The summed E-state index contributed by atoms with van der Waals surface area (Å²) in [4.78, 5) is 11.0. The Bertz CT molecular complexity index is 559. The highest BCUT2D eigenvalue weighted by Crippen LogP contribution is 2.22. The fourth-order valence-corrected chi connectivity index (χ4v) is 1.89. The van der Waals surface area contributed by atoms with Gasteiger partial charge in [-0.3, -0.25) is 4.79 Å². The van der Waals surface area contributed by atoms with Crippen LogP contribution in [0.2, 0.25) is 0 Å². The van der Waals surface area contributed by atoms with E-state index in [9.17, 15) is 4.79 Å². The van der Waals surface area contributed by atoms with Crippen LogP contribution in [0.1, 0.15) is 17.7 Å². The molecule has 19 heavy (non-hydrogen) atoms. The molecule has 4 N–H and O–H groups in total. The zero-order valence-corrected chi connectivity index (χ0v) is 10.5. The molecule has 1 amide bonds. The van der Waals surface area contributed by atoms with Crippen LogP contribution < -0.4 is 11.5 Å². The molecule has 1 aromatic carbocycles. The van der Waals surface area contributed by atoms with Crippen LogP contribution in [0.25, 0.3) is 11.6 Å². The largest absolute Gasteiger partial charge is 0.465 e. The van der Waals surface area contributed by atoms with Gasteiger partial charge < -0.3 is 15.9 Å². The number of hydrogen-bond donors (Lipinski definition) is 2. The third-order valence-corrected chi connectivity index (χ3v) is 2.77. The van der Waals surface area contributed by atoms with Crippen molar-refractivity contribution in [2.24, 2.45) is 11.5 Å². The molecular formula is C15H16N2O2. The molecule has 98 valence electrons. The minimum Gasteiger partial charge on any atom is -0.465 e. The predicted molar refractivity (Wildman–Crippen MR) is 74.8 cm³/mol. The van der Waals surface area contributed by atoms with Crippen molar-refractivity contribution in [3.63, 3.8) is 0 Å². The van der Waals surface area contributed by atoms with Crippen LogP contribution in [-0.4, -0.2) is 11.9 Å². The van der Waals surface area contributed by atoms with Crippen LogP contribution in [0.15, 0.2) is 53.1 Å². The maximum absolute atomic E-state index is 11.0. The molecule has 0 aliphatic rings. The highest BCUT2D eigenvalue weighted by molar-refractivity contribution is 5.86. The molecule has 4 heteroatoms. The lowest BCUT2D eigenvalue weighted by molar-refractivity contribution is -0.118. The third kappa shape index (κ3) is 3.56. The van der Waals surface area contributed by atoms with E-state index in [0.717, 1.165) is 11.1 Å². The third-order valence-electron chi connectivity index (χ3n) is 2.77. The average molecular weight is 256 g/mol. The van der Waals surface area contributed by atoms with Crippen molar-refractivity contribution >= 4 is 17.6 Å². The van der Waals surface area contributed by atoms with Crippen molar-refractivity contribution in [2.75, 3.05) is 0 Å². The summed E-state index contributed by atoms with van der Waals surface area (Å²) in [6, 6.07) is 12.8. The van der Waals surface area contributed by atoms with Crippen LogP contribution in [0.3, 0.4) is 0 Å². The van der Waals surface area contributed by atoms with Crippen LogP contribution in [-0.2, 0) is 4.79 Å². The minimum atomic E-state index is -0.454. The van der Waals surface area contributed by atoms with Crippen LogP contribution in [0.4, 0.5) is 0 Å². The Labute approximate surface area is 111 Å². The number of carbonyl (C=O) groups is 1. The Kier molecular flexibility index (Phi) is 4.15. The molecule has 0 saturated carbocycles. The monoisotopic (exact) mass is 256 g/mol. The van der Waals surface area contributed by atoms with Gasteiger partial charge in [-0.1, -0.05) is 30.3 Å². The quantitative estimate of drug-likeness (QED) is 0.858. The van der Waals surface area contributed by atoms with Crippen LogP contribution in [0.5, 0.6) is 0 Å². The highest BCUT2D eigenvalue weighted by Gasteiger charge is 2.14. The van der Waals surface area contributed by atoms with Crippen molar-refractivity contribution in [1.82, 2.24) is 0 Å². The maximum atomic E-state index is 11.0. The molecule has 2 aromatic rings. The van der Waals surface area contributed by atoms with E-state index in [1.807, 2.05) is 42.5 Å². The molecule has 0 fully saturated rings. The topological polar surface area (TPSA) is 82.2 Å². The summed E-state index contributed by atoms with van der Waals surface area (Å²) in [7, 11) is 0. The SMILES string of the molecule is NC(=O)CC(N)/C(=C\c1ccco1)c1ccccc1. The Morgan fingerprint density at radius 3 is 2.53 bits per heavy atom. The van der Waals surface area contributed by atoms with Gasteiger partial charge in [0.1, 0.15) is 5.76 Å². The first-order valence-electron chi connectivity index (χ1n) is 6.01. The van der Waals surface area contributed by atoms with Gasteiger partial charge in [-0.25, -0.2) is 0 Å². The van der Waals surface area contributed by atoms with Crippen molar-refractivity contribution < 1.29 is 9.21 Å². The molecule has 1 unspecified atom stereocenters. The molecular weight excluding hydrogens is 240 g/mol. The van der Waals surface area contributed by atoms with E-state index in [2.05, 4.69) is 0 Å². The molecule has 1 atom stereocenters. The van der Waals surface area contributed by atoms with Gasteiger partial charge >= 0.3 is 0 Å². The molecule has 0 bridgehead atoms. The minimum absolute atomic E-state index is 0.0986. The standard InChI is InChI=1S/C15H16N2O2/c16-14(10-15(17)18)13(9-12-7-4-8-19-12)11-5-2-1-3-6-11/h1-9,14H,10,16H2,(H2,17,18)/b13-9-. The summed E-state index contributed by atoms with van der Waals surface area (Å²) in [5.74, 6) is 0.271. The van der Waals surface area contributed by atoms with Gasteiger partial charge in [-0.15, -0.1) is 0 Å². The molecule has 1 heterocycles. The van der Waals surface area contributed by atoms with E-state index in [1.165, 1.54) is 0 Å². The first kappa shape index (κ1) is 13.1. The first-order valence-corrected chi connectivity index (χ1v) is 6.01. The van der Waals surface area contributed by atoms with Gasteiger partial charge in [0.15, 0.2) is 0 Å². The number of primary amides is 1. The van der Waals surface area contributed by atoms with Crippen molar-refractivity contribution in [1.29, 1.82) is 0 Å². The first-order chi connectivity index (χ1) is 9.16. The van der Waals surface area contributed by atoms with Crippen molar-refractivity contribution in [3.05, 3.63) is 60.1 Å².